The zero-order chi connectivity index (χ0) is 21.2. The Morgan fingerprint density at radius 2 is 1.31 bits per heavy atom. The second-order valence-corrected chi connectivity index (χ2v) is 22.6. The molecule has 0 N–H and O–H groups in total. The lowest BCUT2D eigenvalue weighted by Crippen LogP contribution is -2.48. The van der Waals surface area contributed by atoms with Crippen LogP contribution in [0.3, 0.4) is 0 Å². The van der Waals surface area contributed by atoms with Crippen molar-refractivity contribution in [2.24, 2.45) is 4.40 Å². The normalized spacial score (nSPS) is 17.6. The molecule has 0 fully saturated rings. The van der Waals surface area contributed by atoms with Crippen molar-refractivity contribution >= 4 is 33.8 Å². The van der Waals surface area contributed by atoms with E-state index < -0.39 is 27.6 Å². The van der Waals surface area contributed by atoms with Crippen LogP contribution in [0.25, 0.3) is 0 Å². The molecule has 0 rings (SSSR count). The average Bonchev–Trinajstić information content (AvgIpc) is 2.37. The van der Waals surface area contributed by atoms with Crippen LogP contribution >= 0.6 is 0 Å². The Morgan fingerprint density at radius 1 is 0.885 bits per heavy atom. The van der Waals surface area contributed by atoms with Crippen LogP contribution in [0.4, 0.5) is 0 Å². The first-order valence-corrected chi connectivity index (χ1v) is 16.4. The van der Waals surface area contributed by atoms with E-state index in [1.54, 1.807) is 6.21 Å². The number of hydrogen-bond acceptors (Lipinski definition) is 3. The fourth-order valence-electron chi connectivity index (χ4n) is 1.45. The molecule has 0 radical (unpaired) electrons. The van der Waals surface area contributed by atoms with Crippen molar-refractivity contribution in [2.75, 3.05) is 6.61 Å². The predicted molar refractivity (Wildman–Crippen MR) is 122 cm³/mol. The highest BCUT2D eigenvalue weighted by molar-refractivity contribution is 7.85. The first kappa shape index (κ1) is 26.2. The smallest absolute Gasteiger partial charge is 0.193 e. The molecule has 0 saturated heterocycles. The molecule has 0 aliphatic heterocycles. The predicted octanol–water partition coefficient (Wildman–Crippen LogP) is 5.93. The van der Waals surface area contributed by atoms with E-state index in [1.807, 2.05) is 20.8 Å². The number of rotatable bonds is 7. The van der Waals surface area contributed by atoms with Crippen LogP contribution in [0.5, 0.6) is 0 Å². The van der Waals surface area contributed by atoms with Crippen molar-refractivity contribution in [3.63, 3.8) is 0 Å². The molecule has 0 aliphatic carbocycles. The summed E-state index contributed by atoms with van der Waals surface area (Å²) in [7, 11) is -5.16. The summed E-state index contributed by atoms with van der Waals surface area (Å²) in [6.07, 6.45) is 1.45. The molecule has 4 nitrogen and oxygen atoms in total. The van der Waals surface area contributed by atoms with Gasteiger partial charge in [0, 0.05) is 6.21 Å². The molecule has 0 aromatic heterocycles. The van der Waals surface area contributed by atoms with Crippen molar-refractivity contribution < 1.29 is 13.1 Å². The molecule has 0 aromatic carbocycles. The van der Waals surface area contributed by atoms with E-state index in [0.717, 1.165) is 0 Å². The highest BCUT2D eigenvalue weighted by Crippen LogP contribution is 2.39. The number of hydrogen-bond donors (Lipinski definition) is 0. The van der Waals surface area contributed by atoms with Crippen molar-refractivity contribution in [1.29, 1.82) is 0 Å². The van der Waals surface area contributed by atoms with E-state index in [9.17, 15) is 4.21 Å². The zero-order valence-corrected chi connectivity index (χ0v) is 22.3. The molecule has 7 heteroatoms. The third-order valence-electron chi connectivity index (χ3n) is 5.51. The quantitative estimate of drug-likeness (QED) is 0.378. The van der Waals surface area contributed by atoms with E-state index in [4.69, 9.17) is 8.85 Å². The molecule has 0 bridgehead atoms. The second-order valence-electron chi connectivity index (χ2n) is 11.1. The summed E-state index contributed by atoms with van der Waals surface area (Å²) in [6.45, 7) is 28.5. The summed E-state index contributed by atoms with van der Waals surface area (Å²) in [4.78, 5) is 0. The van der Waals surface area contributed by atoms with Crippen LogP contribution in [-0.4, -0.2) is 44.5 Å². The van der Waals surface area contributed by atoms with Crippen LogP contribution in [-0.2, 0) is 19.8 Å². The van der Waals surface area contributed by atoms with Crippen LogP contribution in [0.2, 0.25) is 36.3 Å². The van der Waals surface area contributed by atoms with E-state index >= 15 is 0 Å². The number of nitrogens with zero attached hydrogens (tertiary/aromatic N) is 1. The Labute approximate surface area is 167 Å². The van der Waals surface area contributed by atoms with Crippen LogP contribution in [0, 0.1) is 0 Å². The standard InChI is InChI=1S/C19H43NO3SSi2/c1-17(2,3)24(21)20-14-16(23-26(12,13)19(7,8)9)15-22-25(10,11)18(4,5)6/h14,16H,15H2,1-13H3/b20-14-/t16-,24+/m1/s1. The maximum atomic E-state index is 12.3. The Morgan fingerprint density at radius 3 is 1.65 bits per heavy atom. The van der Waals surface area contributed by atoms with Gasteiger partial charge >= 0.3 is 0 Å². The molecule has 0 unspecified atom stereocenters. The second kappa shape index (κ2) is 8.68. The SMILES string of the molecule is CC(C)(C)[S@](=O)/N=C\[C@H](CO[Si](C)(C)C(C)(C)C)O[Si](C)(C)C(C)(C)C. The van der Waals surface area contributed by atoms with Gasteiger partial charge in [0.2, 0.25) is 0 Å². The summed E-state index contributed by atoms with van der Waals surface area (Å²) in [5, 5.41) is 0.235. The van der Waals surface area contributed by atoms with Gasteiger partial charge in [0.15, 0.2) is 16.6 Å². The van der Waals surface area contributed by atoms with Crippen molar-refractivity contribution in [1.82, 2.24) is 0 Å². The maximum Gasteiger partial charge on any atom is 0.193 e. The molecule has 0 heterocycles. The van der Waals surface area contributed by atoms with Gasteiger partial charge in [-0.3, -0.25) is 0 Å². The zero-order valence-electron chi connectivity index (χ0n) is 19.4. The molecular formula is C19H43NO3SSi2. The molecule has 0 saturated carbocycles. The van der Waals surface area contributed by atoms with Crippen LogP contribution in [0.1, 0.15) is 62.3 Å². The van der Waals surface area contributed by atoms with Gasteiger partial charge in [0.25, 0.3) is 0 Å². The highest BCUT2D eigenvalue weighted by Gasteiger charge is 2.41. The summed E-state index contributed by atoms with van der Waals surface area (Å²) in [5.74, 6) is 0. The topological polar surface area (TPSA) is 47.9 Å². The summed E-state index contributed by atoms with van der Waals surface area (Å²) < 4.78 is 29.2. The first-order valence-electron chi connectivity index (χ1n) is 9.49. The minimum atomic E-state index is -1.98. The lowest BCUT2D eigenvalue weighted by molar-refractivity contribution is 0.157. The van der Waals surface area contributed by atoms with Gasteiger partial charge < -0.3 is 8.85 Å². The monoisotopic (exact) mass is 421 g/mol. The molecule has 0 aromatic rings. The van der Waals surface area contributed by atoms with E-state index in [1.165, 1.54) is 0 Å². The lowest BCUT2D eigenvalue weighted by Gasteiger charge is -2.40. The maximum absolute atomic E-state index is 12.3. The Hall–Kier alpha value is 0.174. The van der Waals surface area contributed by atoms with Gasteiger partial charge in [-0.2, -0.15) is 4.40 Å². The van der Waals surface area contributed by atoms with Crippen molar-refractivity contribution in [2.45, 2.75) is 109 Å². The Balaban J connectivity index is 5.43. The minimum Gasteiger partial charge on any atom is -0.414 e. The van der Waals surface area contributed by atoms with Crippen molar-refractivity contribution in [3.05, 3.63) is 0 Å². The van der Waals surface area contributed by atoms with Gasteiger partial charge in [-0.15, -0.1) is 0 Å². The molecule has 156 valence electrons. The van der Waals surface area contributed by atoms with Gasteiger partial charge in [-0.05, 0) is 57.0 Å². The van der Waals surface area contributed by atoms with Gasteiger partial charge in [-0.25, -0.2) is 4.21 Å². The van der Waals surface area contributed by atoms with Gasteiger partial charge in [-0.1, -0.05) is 41.5 Å². The molecule has 0 aliphatic rings. The minimum absolute atomic E-state index is 0.0965. The molecule has 0 amide bonds. The summed E-state index contributed by atoms with van der Waals surface area (Å²) in [6, 6.07) is 0. The Kier molecular flexibility index (Phi) is 8.74. The van der Waals surface area contributed by atoms with Gasteiger partial charge in [0.05, 0.1) is 11.4 Å². The summed E-state index contributed by atoms with van der Waals surface area (Å²) >= 11 is 0. The fourth-order valence-corrected chi connectivity index (χ4v) is 4.27. The first-order chi connectivity index (χ1) is 11.2. The van der Waals surface area contributed by atoms with Crippen LogP contribution < -0.4 is 0 Å². The molecule has 26 heavy (non-hydrogen) atoms. The largest absolute Gasteiger partial charge is 0.414 e. The Bertz CT molecular complexity index is 512. The third-order valence-corrected chi connectivity index (χ3v) is 15.9. The van der Waals surface area contributed by atoms with E-state index in [2.05, 4.69) is 72.1 Å². The molecular weight excluding hydrogens is 378 g/mol. The van der Waals surface area contributed by atoms with E-state index in [0.29, 0.717) is 6.61 Å². The molecule has 0 spiro atoms. The molecule has 2 atom stereocenters. The average molecular weight is 422 g/mol. The third kappa shape index (κ3) is 8.04. The fraction of sp³-hybridized carbons (Fsp3) is 0.947. The summed E-state index contributed by atoms with van der Waals surface area (Å²) in [5.41, 5.74) is 0. The lowest BCUT2D eigenvalue weighted by atomic mass is 10.2. The highest BCUT2D eigenvalue weighted by atomic mass is 32.2. The van der Waals surface area contributed by atoms with Crippen LogP contribution in [0.15, 0.2) is 4.40 Å². The van der Waals surface area contributed by atoms with E-state index in [-0.39, 0.29) is 20.9 Å². The van der Waals surface area contributed by atoms with Gasteiger partial charge in [0.1, 0.15) is 17.1 Å². The van der Waals surface area contributed by atoms with Crippen molar-refractivity contribution in [3.8, 4) is 0 Å².